The summed E-state index contributed by atoms with van der Waals surface area (Å²) in [5.41, 5.74) is 0. The summed E-state index contributed by atoms with van der Waals surface area (Å²) in [6.45, 7) is 5.02. The van der Waals surface area contributed by atoms with Crippen molar-refractivity contribution in [2.24, 2.45) is 13.0 Å². The number of nitrogens with one attached hydrogen (secondary N) is 1. The van der Waals surface area contributed by atoms with E-state index in [9.17, 15) is 0 Å². The van der Waals surface area contributed by atoms with E-state index in [0.29, 0.717) is 5.92 Å². The first-order chi connectivity index (χ1) is 7.11. The molecule has 0 radical (unpaired) electrons. The topological polar surface area (TPSA) is 58.9 Å². The van der Waals surface area contributed by atoms with E-state index in [4.69, 9.17) is 0 Å². The minimum atomic E-state index is 0.622. The molecule has 0 amide bonds. The van der Waals surface area contributed by atoms with Gasteiger partial charge in [0.05, 0.1) is 13.6 Å². The van der Waals surface area contributed by atoms with Crippen molar-refractivity contribution in [2.45, 2.75) is 13.5 Å². The molecular weight excluding hydrogens is 192 g/mol. The highest BCUT2D eigenvalue weighted by molar-refractivity contribution is 4.76. The molecular formula is C9H20N6. The van der Waals surface area contributed by atoms with E-state index < -0.39 is 0 Å². The maximum atomic E-state index is 4.14. The lowest BCUT2D eigenvalue weighted by molar-refractivity contribution is 0.270. The van der Waals surface area contributed by atoms with E-state index in [0.717, 1.165) is 25.5 Å². The fourth-order valence-electron chi connectivity index (χ4n) is 1.64. The van der Waals surface area contributed by atoms with E-state index in [1.54, 1.807) is 7.05 Å². The predicted octanol–water partition coefficient (Wildman–Crippen LogP) is -0.503. The molecule has 0 aromatic carbocycles. The fourth-order valence-corrected chi connectivity index (χ4v) is 1.64. The molecule has 1 unspecified atom stereocenters. The first kappa shape index (κ1) is 12.1. The Labute approximate surface area is 90.6 Å². The van der Waals surface area contributed by atoms with Gasteiger partial charge in [-0.3, -0.25) is 4.90 Å². The smallest absolute Gasteiger partial charge is 0.188 e. The van der Waals surface area contributed by atoms with Crippen molar-refractivity contribution in [3.05, 3.63) is 5.82 Å². The van der Waals surface area contributed by atoms with Gasteiger partial charge in [0, 0.05) is 6.54 Å². The molecule has 6 nitrogen and oxygen atoms in total. The zero-order valence-corrected chi connectivity index (χ0v) is 9.93. The number of hydrogen-bond donors (Lipinski definition) is 1. The van der Waals surface area contributed by atoms with Gasteiger partial charge in [0.2, 0.25) is 0 Å². The minimum Gasteiger partial charge on any atom is -0.319 e. The summed E-state index contributed by atoms with van der Waals surface area (Å²) in [7, 11) is 5.82. The first-order valence-corrected chi connectivity index (χ1v) is 5.18. The molecule has 86 valence electrons. The summed E-state index contributed by atoms with van der Waals surface area (Å²) in [5, 5.41) is 15.1. The second-order valence-corrected chi connectivity index (χ2v) is 4.05. The number of aromatic nitrogens is 4. The fraction of sp³-hybridized carbons (Fsp3) is 0.889. The Morgan fingerprint density at radius 1 is 1.53 bits per heavy atom. The molecule has 1 atom stereocenters. The van der Waals surface area contributed by atoms with Crippen LogP contribution in [0.4, 0.5) is 0 Å². The molecule has 1 heterocycles. The molecule has 1 N–H and O–H groups in total. The average Bonchev–Trinajstić information content (AvgIpc) is 2.51. The van der Waals surface area contributed by atoms with Crippen LogP contribution in [-0.4, -0.2) is 52.3 Å². The summed E-state index contributed by atoms with van der Waals surface area (Å²) >= 11 is 0. The van der Waals surface area contributed by atoms with Crippen molar-refractivity contribution in [2.75, 3.05) is 27.2 Å². The monoisotopic (exact) mass is 212 g/mol. The molecule has 0 aliphatic carbocycles. The van der Waals surface area contributed by atoms with Gasteiger partial charge in [0.25, 0.3) is 0 Å². The number of tetrazole rings is 1. The maximum absolute atomic E-state index is 4.14. The van der Waals surface area contributed by atoms with Crippen molar-refractivity contribution in [1.82, 2.24) is 30.4 Å². The lowest BCUT2D eigenvalue weighted by Gasteiger charge is -2.19. The summed E-state index contributed by atoms with van der Waals surface area (Å²) in [4.78, 5) is 3.69. The second-order valence-electron chi connectivity index (χ2n) is 4.05. The van der Waals surface area contributed by atoms with Gasteiger partial charge in [-0.15, -0.1) is 10.2 Å². The molecule has 0 aliphatic rings. The number of hydrogen-bond acceptors (Lipinski definition) is 5. The van der Waals surface area contributed by atoms with Crippen LogP contribution in [0.25, 0.3) is 0 Å². The Hall–Kier alpha value is -1.01. The molecule has 6 heteroatoms. The van der Waals surface area contributed by atoms with E-state index in [2.05, 4.69) is 39.6 Å². The molecule has 15 heavy (non-hydrogen) atoms. The van der Waals surface area contributed by atoms with Gasteiger partial charge in [-0.05, 0) is 31.8 Å². The third-order valence-electron chi connectivity index (χ3n) is 2.14. The van der Waals surface area contributed by atoms with E-state index in [-0.39, 0.29) is 0 Å². The molecule has 1 aromatic heterocycles. The van der Waals surface area contributed by atoms with Gasteiger partial charge in [0.15, 0.2) is 5.82 Å². The van der Waals surface area contributed by atoms with Crippen molar-refractivity contribution in [3.63, 3.8) is 0 Å². The van der Waals surface area contributed by atoms with Crippen molar-refractivity contribution >= 4 is 0 Å². The normalized spacial score (nSPS) is 13.4. The SMILES string of the molecule is CNCC(C)CN(C)Cc1nnn(C)n1. The van der Waals surface area contributed by atoms with Crippen LogP contribution in [0.2, 0.25) is 0 Å². The Morgan fingerprint density at radius 2 is 2.27 bits per heavy atom. The van der Waals surface area contributed by atoms with Gasteiger partial charge in [-0.25, -0.2) is 0 Å². The van der Waals surface area contributed by atoms with Gasteiger partial charge in [-0.2, -0.15) is 4.80 Å². The van der Waals surface area contributed by atoms with Crippen LogP contribution in [0, 0.1) is 5.92 Å². The molecule has 1 aromatic rings. The maximum Gasteiger partial charge on any atom is 0.188 e. The Balaban J connectivity index is 2.32. The second kappa shape index (κ2) is 5.77. The quantitative estimate of drug-likeness (QED) is 0.689. The summed E-state index contributed by atoms with van der Waals surface area (Å²) in [6, 6.07) is 0. The summed E-state index contributed by atoms with van der Waals surface area (Å²) < 4.78 is 0. The molecule has 0 aliphatic heterocycles. The first-order valence-electron chi connectivity index (χ1n) is 5.18. The molecule has 0 fully saturated rings. The van der Waals surface area contributed by atoms with Crippen LogP contribution >= 0.6 is 0 Å². The van der Waals surface area contributed by atoms with Crippen LogP contribution in [0.1, 0.15) is 12.7 Å². The lowest BCUT2D eigenvalue weighted by Crippen LogP contribution is -2.29. The van der Waals surface area contributed by atoms with E-state index in [1.165, 1.54) is 4.80 Å². The highest BCUT2D eigenvalue weighted by Crippen LogP contribution is 1.99. The zero-order chi connectivity index (χ0) is 11.3. The molecule has 0 bridgehead atoms. The van der Waals surface area contributed by atoms with Crippen LogP contribution in [0.5, 0.6) is 0 Å². The number of rotatable bonds is 6. The van der Waals surface area contributed by atoms with Crippen LogP contribution in [0.3, 0.4) is 0 Å². The van der Waals surface area contributed by atoms with Gasteiger partial charge >= 0.3 is 0 Å². The standard InChI is InChI=1S/C9H20N6/c1-8(5-10-2)6-14(3)7-9-11-13-15(4)12-9/h8,10H,5-7H2,1-4H3. The van der Waals surface area contributed by atoms with Crippen molar-refractivity contribution in [1.29, 1.82) is 0 Å². The Morgan fingerprint density at radius 3 is 2.80 bits per heavy atom. The predicted molar refractivity (Wildman–Crippen MR) is 58.2 cm³/mol. The minimum absolute atomic E-state index is 0.622. The van der Waals surface area contributed by atoms with Gasteiger partial charge < -0.3 is 5.32 Å². The third kappa shape index (κ3) is 4.35. The van der Waals surface area contributed by atoms with Crippen molar-refractivity contribution in [3.8, 4) is 0 Å². The van der Waals surface area contributed by atoms with Crippen LogP contribution in [0.15, 0.2) is 0 Å². The van der Waals surface area contributed by atoms with Crippen LogP contribution < -0.4 is 5.32 Å². The van der Waals surface area contributed by atoms with Crippen molar-refractivity contribution < 1.29 is 0 Å². The molecule has 0 saturated carbocycles. The summed E-state index contributed by atoms with van der Waals surface area (Å²) in [6.07, 6.45) is 0. The van der Waals surface area contributed by atoms with Gasteiger partial charge in [0.1, 0.15) is 0 Å². The van der Waals surface area contributed by atoms with E-state index in [1.807, 2.05) is 7.05 Å². The third-order valence-corrected chi connectivity index (χ3v) is 2.14. The molecule has 1 rings (SSSR count). The highest BCUT2D eigenvalue weighted by Gasteiger charge is 2.08. The van der Waals surface area contributed by atoms with Crippen LogP contribution in [-0.2, 0) is 13.6 Å². The number of nitrogens with zero attached hydrogens (tertiary/aromatic N) is 5. The molecule has 0 saturated heterocycles. The highest BCUT2D eigenvalue weighted by atomic mass is 15.6. The summed E-state index contributed by atoms with van der Waals surface area (Å²) in [5.74, 6) is 1.40. The lowest BCUT2D eigenvalue weighted by atomic mass is 10.1. The number of aryl methyl sites for hydroxylation is 1. The van der Waals surface area contributed by atoms with Gasteiger partial charge in [-0.1, -0.05) is 6.92 Å². The Bertz CT molecular complexity index is 284. The largest absolute Gasteiger partial charge is 0.319 e. The molecule has 0 spiro atoms. The van der Waals surface area contributed by atoms with E-state index >= 15 is 0 Å². The average molecular weight is 212 g/mol. The Kier molecular flexibility index (Phi) is 4.64. The zero-order valence-electron chi connectivity index (χ0n) is 9.93.